The Kier molecular flexibility index (Phi) is 13.5. The van der Waals surface area contributed by atoms with E-state index >= 15 is 8.78 Å². The minimum atomic E-state index is -0.560. The highest BCUT2D eigenvalue weighted by Crippen LogP contribution is 2.36. The minimum absolute atomic E-state index is 0.0863. The van der Waals surface area contributed by atoms with Crippen LogP contribution in [-0.2, 0) is 9.59 Å². The number of carbonyl (C=O) groups is 2. The number of benzene rings is 2. The largest absolute Gasteiger partial charge is 0.457 e. The van der Waals surface area contributed by atoms with Gasteiger partial charge < -0.3 is 29.9 Å². The molecule has 0 fully saturated rings. The lowest BCUT2D eigenvalue weighted by atomic mass is 10.0. The number of ether oxygens (including phenoxy) is 2. The Hall–Kier alpha value is -10.5. The number of aromatic nitrogens is 14. The first kappa shape index (κ1) is 52.2. The van der Waals surface area contributed by atoms with Crippen LogP contribution in [0.2, 0.25) is 0 Å². The van der Waals surface area contributed by atoms with Gasteiger partial charge in [0.2, 0.25) is 11.8 Å². The molecule has 0 spiro atoms. The van der Waals surface area contributed by atoms with Crippen molar-refractivity contribution in [2.24, 2.45) is 0 Å². The van der Waals surface area contributed by atoms with Crippen molar-refractivity contribution in [1.29, 1.82) is 0 Å². The van der Waals surface area contributed by atoms with Crippen LogP contribution in [0.3, 0.4) is 0 Å². The molecule has 12 rings (SSSR count). The second-order valence-electron chi connectivity index (χ2n) is 19.8. The smallest absolute Gasteiger partial charge is 0.247 e. The first-order valence-electron chi connectivity index (χ1n) is 26.1. The van der Waals surface area contributed by atoms with Crippen LogP contribution < -0.4 is 20.1 Å². The molecule has 0 radical (unpaired) electrons. The Morgan fingerprint density at radius 1 is 0.683 bits per heavy atom. The molecule has 2 aromatic carbocycles. The van der Waals surface area contributed by atoms with E-state index in [2.05, 4.69) is 67.3 Å². The van der Waals surface area contributed by atoms with Crippen molar-refractivity contribution in [3.05, 3.63) is 162 Å². The molecule has 0 saturated carbocycles. The number of pyridine rings is 2. The molecule has 0 saturated heterocycles. The Morgan fingerprint density at radius 2 is 1.28 bits per heavy atom. The zero-order valence-corrected chi connectivity index (χ0v) is 45.1. The molecule has 2 aliphatic heterocycles. The van der Waals surface area contributed by atoms with Crippen LogP contribution in [0.15, 0.2) is 111 Å². The number of hydrogen-bond donors (Lipinski definition) is 2. The number of hydrogen-bond acceptors (Lipinski definition) is 18. The number of aryl methyl sites for hydroxylation is 2. The molecule has 82 heavy (non-hydrogen) atoms. The van der Waals surface area contributed by atoms with E-state index in [0.29, 0.717) is 99.7 Å². The van der Waals surface area contributed by atoms with E-state index in [1.807, 2.05) is 39.8 Å². The molecular formula is C58H50F2N18O4. The van der Waals surface area contributed by atoms with Crippen molar-refractivity contribution in [2.75, 3.05) is 23.7 Å². The van der Waals surface area contributed by atoms with Crippen LogP contribution in [0, 0.1) is 39.3 Å². The van der Waals surface area contributed by atoms with Crippen molar-refractivity contribution in [1.82, 2.24) is 78.9 Å². The van der Waals surface area contributed by atoms with E-state index in [9.17, 15) is 9.59 Å². The highest BCUT2D eigenvalue weighted by Gasteiger charge is 2.27. The third-order valence-corrected chi connectivity index (χ3v) is 14.4. The summed E-state index contributed by atoms with van der Waals surface area (Å²) in [6.07, 6.45) is 16.5. The quantitative estimate of drug-likeness (QED) is 0.102. The number of anilines is 4. The number of halogens is 2. The van der Waals surface area contributed by atoms with Crippen LogP contribution in [0.4, 0.5) is 31.8 Å². The Bertz CT molecular complexity index is 4370. The average molecular weight is 1100 g/mol. The molecule has 2 N–H and O–H groups in total. The number of fused-ring (bicyclic) bond motifs is 4. The zero-order chi connectivity index (χ0) is 56.9. The predicted octanol–water partition coefficient (Wildman–Crippen LogP) is 9.73. The molecule has 410 valence electrons. The average Bonchev–Trinajstić information content (AvgIpc) is 4.24. The standard InChI is InChI=1S/C58H50F2N18O4/c1-8-49(79)75-17-15-36(19-30(75)2)55-61-25-42-53(72-55)57(66-27-63-42)70-41-10-12-45(35(7)52(41)60)82-39-22-33(5)78-48(24-39)71-46(74-78)13-14-50(80)76-18-16-37(20-31(76)3)56-62-26-43-54(73-56)58(67-28-64-43)69-40-9-11-44(34(6)51(40)59)81-38-21-32(4)77-47(23-38)65-29-68-77/h8-15,20-31H,1,16-19H2,2-7H3,(H,63,66,70)(H,64,67,69)/b14-13-/t30-,31-/m0/s1. The number of carbonyl (C=O) groups excluding carboxylic acids is 2. The van der Waals surface area contributed by atoms with E-state index in [4.69, 9.17) is 19.4 Å². The lowest BCUT2D eigenvalue weighted by Crippen LogP contribution is -2.40. The van der Waals surface area contributed by atoms with Crippen LogP contribution in [-0.4, -0.2) is 116 Å². The summed E-state index contributed by atoms with van der Waals surface area (Å²) in [5, 5.41) is 15.0. The second-order valence-corrected chi connectivity index (χ2v) is 19.8. The highest BCUT2D eigenvalue weighted by atomic mass is 19.1. The SMILES string of the molecule is C=CC(=O)N1CC=C(c2ncc3ncnc(Nc4ccc(Oc5cc(C)n6nc(/C=C\C(=O)N7CCC(c8ncc9ncnc(Nc%10ccc(Oc%11cc(C)n%12ncnc%12c%11)c(C)c%10F)c9n8)=C[C@@H]7C)nc6c5)c(C)c4F)c3n2)C[C@@H]1C. The summed E-state index contributed by atoms with van der Waals surface area (Å²) in [4.78, 5) is 74.5. The summed E-state index contributed by atoms with van der Waals surface area (Å²) in [7, 11) is 0. The zero-order valence-electron chi connectivity index (χ0n) is 45.1. The molecule has 0 aliphatic carbocycles. The minimum Gasteiger partial charge on any atom is -0.457 e. The maximum Gasteiger partial charge on any atom is 0.247 e. The summed E-state index contributed by atoms with van der Waals surface area (Å²) < 4.78 is 47.8. The van der Waals surface area contributed by atoms with Gasteiger partial charge in [0.1, 0.15) is 64.0 Å². The molecule has 2 aliphatic rings. The fourth-order valence-electron chi connectivity index (χ4n) is 9.99. The molecule has 24 heteroatoms. The van der Waals surface area contributed by atoms with Gasteiger partial charge >= 0.3 is 0 Å². The van der Waals surface area contributed by atoms with E-state index in [-0.39, 0.29) is 63.8 Å². The lowest BCUT2D eigenvalue weighted by molar-refractivity contribution is -0.128. The third kappa shape index (κ3) is 10.0. The van der Waals surface area contributed by atoms with Crippen LogP contribution in [0.1, 0.15) is 66.7 Å². The van der Waals surface area contributed by atoms with Gasteiger partial charge in [0.05, 0.1) is 23.8 Å². The maximum absolute atomic E-state index is 16.2. The number of rotatable bonds is 13. The van der Waals surface area contributed by atoms with Crippen molar-refractivity contribution in [3.63, 3.8) is 0 Å². The lowest BCUT2D eigenvalue weighted by Gasteiger charge is -2.31. The second kappa shape index (κ2) is 21.3. The fourth-order valence-corrected chi connectivity index (χ4v) is 9.99. The van der Waals surface area contributed by atoms with E-state index < -0.39 is 11.6 Å². The summed E-state index contributed by atoms with van der Waals surface area (Å²) >= 11 is 0. The molecule has 8 aromatic heterocycles. The van der Waals surface area contributed by atoms with E-state index in [1.54, 1.807) is 99.7 Å². The van der Waals surface area contributed by atoms with E-state index in [0.717, 1.165) is 16.8 Å². The van der Waals surface area contributed by atoms with Crippen molar-refractivity contribution < 1.29 is 27.8 Å². The van der Waals surface area contributed by atoms with Gasteiger partial charge in [-0.25, -0.2) is 67.7 Å². The Balaban J connectivity index is 0.699. The summed E-state index contributed by atoms with van der Waals surface area (Å²) in [5.41, 5.74) is 6.79. The van der Waals surface area contributed by atoms with Gasteiger partial charge in [0.25, 0.3) is 0 Å². The molecule has 0 unspecified atom stereocenters. The monoisotopic (exact) mass is 1100 g/mol. The van der Waals surface area contributed by atoms with Gasteiger partial charge in [0, 0.05) is 78.0 Å². The summed E-state index contributed by atoms with van der Waals surface area (Å²) in [6, 6.07) is 13.0. The number of nitrogens with one attached hydrogen (secondary N) is 2. The van der Waals surface area contributed by atoms with Crippen molar-refractivity contribution in [2.45, 2.75) is 66.5 Å². The number of nitrogens with zero attached hydrogens (tertiary/aromatic N) is 16. The van der Waals surface area contributed by atoms with Gasteiger partial charge in [-0.3, -0.25) is 9.59 Å². The normalized spacial score (nSPS) is 15.6. The van der Waals surface area contributed by atoms with Gasteiger partial charge in [-0.2, -0.15) is 5.10 Å². The first-order valence-corrected chi connectivity index (χ1v) is 26.1. The van der Waals surface area contributed by atoms with Crippen LogP contribution in [0.25, 0.3) is 50.6 Å². The van der Waals surface area contributed by atoms with Gasteiger partial charge in [-0.15, -0.1) is 5.10 Å². The molecule has 0 bridgehead atoms. The Labute approximate surface area is 466 Å². The van der Waals surface area contributed by atoms with Crippen LogP contribution >= 0.6 is 0 Å². The highest BCUT2D eigenvalue weighted by molar-refractivity contribution is 5.93. The van der Waals surface area contributed by atoms with Crippen LogP contribution in [0.5, 0.6) is 23.0 Å². The third-order valence-electron chi connectivity index (χ3n) is 14.4. The summed E-state index contributed by atoms with van der Waals surface area (Å²) in [5.74, 6) is 1.80. The predicted molar refractivity (Wildman–Crippen MR) is 301 cm³/mol. The van der Waals surface area contributed by atoms with Gasteiger partial charge in [-0.05, 0) is 102 Å². The first-order chi connectivity index (χ1) is 39.7. The van der Waals surface area contributed by atoms with E-state index in [1.165, 1.54) is 31.1 Å². The maximum atomic E-state index is 16.2. The topological polar surface area (TPSA) is 247 Å². The molecule has 10 heterocycles. The molecule has 2 atom stereocenters. The molecule has 2 amide bonds. The van der Waals surface area contributed by atoms with Gasteiger partial charge in [-0.1, -0.05) is 18.7 Å². The molecule has 22 nitrogen and oxygen atoms in total. The van der Waals surface area contributed by atoms with Crippen molar-refractivity contribution >= 4 is 85.4 Å². The number of amides is 2. The molecule has 10 aromatic rings. The van der Waals surface area contributed by atoms with Gasteiger partial charge in [0.15, 0.2) is 52.0 Å². The Morgan fingerprint density at radius 3 is 1.88 bits per heavy atom. The van der Waals surface area contributed by atoms with Crippen molar-refractivity contribution in [3.8, 4) is 23.0 Å². The fraction of sp³-hybridized carbons (Fsp3) is 0.207. The molecular weight excluding hydrogens is 1050 g/mol. The summed E-state index contributed by atoms with van der Waals surface area (Å²) in [6.45, 7) is 15.2.